The predicted molar refractivity (Wildman–Crippen MR) is 70.9 cm³/mol. The van der Waals surface area contributed by atoms with Crippen molar-refractivity contribution in [2.45, 2.75) is 19.4 Å². The molecule has 17 heavy (non-hydrogen) atoms. The Labute approximate surface area is 110 Å². The lowest BCUT2D eigenvalue weighted by Gasteiger charge is -2.14. The normalized spacial score (nSPS) is 12.0. The number of amides is 1. The van der Waals surface area contributed by atoms with Crippen LogP contribution in [0.25, 0.3) is 0 Å². The quantitative estimate of drug-likeness (QED) is 0.874. The highest BCUT2D eigenvalue weighted by Gasteiger charge is 2.09. The number of rotatable bonds is 5. The molecular formula is C12H17BrN2O2. The molecule has 1 rings (SSSR count). The molecule has 0 radical (unpaired) electrons. The van der Waals surface area contributed by atoms with Gasteiger partial charge in [0, 0.05) is 23.1 Å². The third-order valence-corrected chi connectivity index (χ3v) is 2.82. The molecule has 0 saturated carbocycles. The van der Waals surface area contributed by atoms with Crippen LogP contribution in [-0.2, 0) is 4.79 Å². The highest BCUT2D eigenvalue weighted by atomic mass is 79.9. The van der Waals surface area contributed by atoms with Gasteiger partial charge in [-0.3, -0.25) is 4.79 Å². The fourth-order valence-corrected chi connectivity index (χ4v) is 1.73. The van der Waals surface area contributed by atoms with Crippen molar-refractivity contribution in [1.82, 2.24) is 5.32 Å². The number of carbonyl (C=O) groups is 1. The minimum atomic E-state index is -0.0990. The van der Waals surface area contributed by atoms with E-state index >= 15 is 0 Å². The van der Waals surface area contributed by atoms with Gasteiger partial charge in [0.05, 0.1) is 13.0 Å². The van der Waals surface area contributed by atoms with Crippen LogP contribution in [0.3, 0.4) is 0 Å². The molecule has 0 fully saturated rings. The number of hydrogen-bond acceptors (Lipinski definition) is 3. The maximum atomic E-state index is 11.1. The van der Waals surface area contributed by atoms with Crippen molar-refractivity contribution in [1.29, 1.82) is 0 Å². The third kappa shape index (κ3) is 4.36. The summed E-state index contributed by atoms with van der Waals surface area (Å²) in [7, 11) is 1.61. The molecule has 94 valence electrons. The number of halogens is 1. The van der Waals surface area contributed by atoms with Gasteiger partial charge in [-0.25, -0.2) is 0 Å². The Morgan fingerprint density at radius 1 is 1.59 bits per heavy atom. The van der Waals surface area contributed by atoms with E-state index in [0.29, 0.717) is 13.0 Å². The molecule has 0 aliphatic carbocycles. The van der Waals surface area contributed by atoms with E-state index < -0.39 is 0 Å². The summed E-state index contributed by atoms with van der Waals surface area (Å²) < 4.78 is 6.51. The lowest BCUT2D eigenvalue weighted by atomic mass is 10.1. The van der Waals surface area contributed by atoms with Crippen molar-refractivity contribution in [2.75, 3.05) is 13.7 Å². The van der Waals surface area contributed by atoms with Gasteiger partial charge in [-0.05, 0) is 19.1 Å². The molecule has 1 aromatic rings. The Morgan fingerprint density at radius 2 is 2.29 bits per heavy atom. The molecule has 5 heteroatoms. The van der Waals surface area contributed by atoms with Crippen LogP contribution in [0.15, 0.2) is 22.7 Å². The number of benzene rings is 1. The Morgan fingerprint density at radius 3 is 2.88 bits per heavy atom. The summed E-state index contributed by atoms with van der Waals surface area (Å²) in [6.45, 7) is 2.24. The zero-order valence-electron chi connectivity index (χ0n) is 10.00. The Bertz CT molecular complexity index is 394. The lowest BCUT2D eigenvalue weighted by Crippen LogP contribution is -2.20. The first kappa shape index (κ1) is 14.0. The van der Waals surface area contributed by atoms with Crippen LogP contribution in [0.5, 0.6) is 5.75 Å². The molecule has 0 aromatic heterocycles. The van der Waals surface area contributed by atoms with E-state index in [9.17, 15) is 4.79 Å². The molecular weight excluding hydrogens is 284 g/mol. The number of hydrogen-bond donors (Lipinski definition) is 2. The highest BCUT2D eigenvalue weighted by Crippen LogP contribution is 2.27. The summed E-state index contributed by atoms with van der Waals surface area (Å²) in [5, 5.41) is 2.55. The maximum absolute atomic E-state index is 11.1. The molecule has 1 aromatic carbocycles. The summed E-state index contributed by atoms with van der Waals surface area (Å²) in [5.74, 6) is 0.681. The van der Waals surface area contributed by atoms with E-state index in [1.54, 1.807) is 7.05 Å². The maximum Gasteiger partial charge on any atom is 0.223 e. The van der Waals surface area contributed by atoms with Gasteiger partial charge in [0.25, 0.3) is 0 Å². The van der Waals surface area contributed by atoms with Crippen LogP contribution in [0.2, 0.25) is 0 Å². The molecule has 1 amide bonds. The van der Waals surface area contributed by atoms with Crippen molar-refractivity contribution in [3.63, 3.8) is 0 Å². The number of carbonyl (C=O) groups excluding carboxylic acids is 1. The van der Waals surface area contributed by atoms with Crippen LogP contribution in [0.4, 0.5) is 0 Å². The second-order valence-corrected chi connectivity index (χ2v) is 4.66. The standard InChI is InChI=1S/C12H17BrN2O2/c1-8(14)10-4-3-9(13)7-11(10)17-6-5-12(16)15-2/h3-4,7-8H,5-6,14H2,1-2H3,(H,15,16)/t8-/m1/s1. The summed E-state index contributed by atoms with van der Waals surface area (Å²) in [6, 6.07) is 5.61. The topological polar surface area (TPSA) is 64.3 Å². The molecule has 0 spiro atoms. The second-order valence-electron chi connectivity index (χ2n) is 3.74. The number of nitrogens with two attached hydrogens (primary N) is 1. The first-order valence-corrected chi connectivity index (χ1v) is 6.22. The fourth-order valence-electron chi connectivity index (χ4n) is 1.39. The van der Waals surface area contributed by atoms with Gasteiger partial charge in [-0.2, -0.15) is 0 Å². The SMILES string of the molecule is CNC(=O)CCOc1cc(Br)ccc1[C@@H](C)N. The summed E-state index contributed by atoms with van der Waals surface area (Å²) in [5.41, 5.74) is 6.78. The van der Waals surface area contributed by atoms with Crippen molar-refractivity contribution in [3.8, 4) is 5.75 Å². The monoisotopic (exact) mass is 300 g/mol. The van der Waals surface area contributed by atoms with Crippen LogP contribution in [-0.4, -0.2) is 19.6 Å². The van der Waals surface area contributed by atoms with E-state index in [1.165, 1.54) is 0 Å². The zero-order chi connectivity index (χ0) is 12.8. The van der Waals surface area contributed by atoms with Crippen molar-refractivity contribution in [3.05, 3.63) is 28.2 Å². The summed E-state index contributed by atoms with van der Waals surface area (Å²) in [6.07, 6.45) is 0.335. The first-order valence-electron chi connectivity index (χ1n) is 5.43. The molecule has 0 heterocycles. The van der Waals surface area contributed by atoms with Gasteiger partial charge >= 0.3 is 0 Å². The average molecular weight is 301 g/mol. The van der Waals surface area contributed by atoms with Crippen LogP contribution < -0.4 is 15.8 Å². The highest BCUT2D eigenvalue weighted by molar-refractivity contribution is 9.10. The third-order valence-electron chi connectivity index (χ3n) is 2.33. The van der Waals surface area contributed by atoms with Gasteiger partial charge < -0.3 is 15.8 Å². The lowest BCUT2D eigenvalue weighted by molar-refractivity contribution is -0.121. The van der Waals surface area contributed by atoms with Crippen molar-refractivity contribution in [2.24, 2.45) is 5.73 Å². The molecule has 0 aliphatic rings. The molecule has 3 N–H and O–H groups in total. The Kier molecular flexibility index (Phi) is 5.44. The van der Waals surface area contributed by atoms with E-state index in [0.717, 1.165) is 15.8 Å². The number of ether oxygens (including phenoxy) is 1. The van der Waals surface area contributed by atoms with Crippen molar-refractivity contribution >= 4 is 21.8 Å². The van der Waals surface area contributed by atoms with E-state index in [2.05, 4.69) is 21.2 Å². The van der Waals surface area contributed by atoms with E-state index in [4.69, 9.17) is 10.5 Å². The molecule has 0 saturated heterocycles. The van der Waals surface area contributed by atoms with Gasteiger partial charge in [0.2, 0.25) is 5.91 Å². The Hall–Kier alpha value is -1.07. The average Bonchev–Trinajstić information content (AvgIpc) is 2.28. The number of nitrogens with one attached hydrogen (secondary N) is 1. The fraction of sp³-hybridized carbons (Fsp3) is 0.417. The first-order chi connectivity index (χ1) is 8.04. The molecule has 4 nitrogen and oxygen atoms in total. The van der Waals surface area contributed by atoms with Gasteiger partial charge in [-0.1, -0.05) is 22.0 Å². The van der Waals surface area contributed by atoms with Crippen LogP contribution in [0, 0.1) is 0 Å². The molecule has 1 atom stereocenters. The largest absolute Gasteiger partial charge is 0.493 e. The predicted octanol–water partition coefficient (Wildman–Crippen LogP) is 1.98. The second kappa shape index (κ2) is 6.61. The van der Waals surface area contributed by atoms with Gasteiger partial charge in [0.1, 0.15) is 5.75 Å². The molecule has 0 unspecified atom stereocenters. The summed E-state index contributed by atoms with van der Waals surface area (Å²) in [4.78, 5) is 11.1. The smallest absolute Gasteiger partial charge is 0.223 e. The molecule has 0 aliphatic heterocycles. The van der Waals surface area contributed by atoms with E-state index in [-0.39, 0.29) is 11.9 Å². The van der Waals surface area contributed by atoms with E-state index in [1.807, 2.05) is 25.1 Å². The minimum absolute atomic E-state index is 0.0395. The van der Waals surface area contributed by atoms with Crippen molar-refractivity contribution < 1.29 is 9.53 Å². The van der Waals surface area contributed by atoms with Crippen LogP contribution in [0.1, 0.15) is 24.9 Å². The Balaban J connectivity index is 2.68. The molecule has 0 bridgehead atoms. The van der Waals surface area contributed by atoms with Crippen LogP contribution >= 0.6 is 15.9 Å². The zero-order valence-corrected chi connectivity index (χ0v) is 11.6. The summed E-state index contributed by atoms with van der Waals surface area (Å²) >= 11 is 3.38. The van der Waals surface area contributed by atoms with Gasteiger partial charge in [-0.15, -0.1) is 0 Å². The minimum Gasteiger partial charge on any atom is -0.493 e. The van der Waals surface area contributed by atoms with Gasteiger partial charge in [0.15, 0.2) is 0 Å².